The van der Waals surface area contributed by atoms with Gasteiger partial charge in [-0.25, -0.2) is 0 Å². The molecule has 0 saturated heterocycles. The van der Waals surface area contributed by atoms with E-state index in [1.807, 2.05) is 7.11 Å². The summed E-state index contributed by atoms with van der Waals surface area (Å²) in [6.45, 7) is 10.2. The molecular weight excluding hydrogens is 308 g/mol. The molecule has 1 aromatic carbocycles. The number of ether oxygens (including phenoxy) is 2. The van der Waals surface area contributed by atoms with E-state index in [0.717, 1.165) is 17.4 Å². The van der Waals surface area contributed by atoms with Gasteiger partial charge in [0.1, 0.15) is 11.5 Å². The van der Waals surface area contributed by atoms with E-state index in [4.69, 9.17) is 9.47 Å². The second-order valence-corrected chi connectivity index (χ2v) is 9.98. The molecule has 2 heteroatoms. The molecule has 4 rings (SSSR count). The summed E-state index contributed by atoms with van der Waals surface area (Å²) in [4.78, 5) is 0. The molecule has 0 aliphatic heterocycles. The molecule has 3 aliphatic carbocycles. The van der Waals surface area contributed by atoms with Gasteiger partial charge in [0.15, 0.2) is 0 Å². The van der Waals surface area contributed by atoms with Crippen molar-refractivity contribution in [2.75, 3.05) is 14.2 Å². The van der Waals surface area contributed by atoms with Crippen molar-refractivity contribution in [2.24, 2.45) is 22.7 Å². The maximum Gasteiger partial charge on any atom is 0.126 e. The van der Waals surface area contributed by atoms with Crippen molar-refractivity contribution in [3.63, 3.8) is 0 Å². The van der Waals surface area contributed by atoms with E-state index in [1.54, 1.807) is 7.11 Å². The average molecular weight is 343 g/mol. The van der Waals surface area contributed by atoms with E-state index in [9.17, 15) is 0 Å². The molecule has 2 nitrogen and oxygen atoms in total. The summed E-state index contributed by atoms with van der Waals surface area (Å²) in [5.74, 6) is 3.53. The molecule has 3 aliphatic rings. The van der Waals surface area contributed by atoms with Crippen LogP contribution in [0.5, 0.6) is 11.5 Å². The summed E-state index contributed by atoms with van der Waals surface area (Å²) in [6, 6.07) is 4.36. The highest BCUT2D eigenvalue weighted by atomic mass is 16.5. The molecule has 4 atom stereocenters. The van der Waals surface area contributed by atoms with Gasteiger partial charge in [0.2, 0.25) is 0 Å². The van der Waals surface area contributed by atoms with Gasteiger partial charge < -0.3 is 9.47 Å². The molecule has 0 unspecified atom stereocenters. The first kappa shape index (κ1) is 17.2. The summed E-state index contributed by atoms with van der Waals surface area (Å²) < 4.78 is 11.4. The van der Waals surface area contributed by atoms with Crippen molar-refractivity contribution < 1.29 is 9.47 Å². The third kappa shape index (κ3) is 2.22. The fraction of sp³-hybridized carbons (Fsp3) is 0.739. The Balaban J connectivity index is 1.83. The maximum atomic E-state index is 5.84. The fourth-order valence-corrected chi connectivity index (χ4v) is 7.36. The lowest BCUT2D eigenvalue weighted by Gasteiger charge is -2.61. The summed E-state index contributed by atoms with van der Waals surface area (Å²) in [7, 11) is 3.56. The second-order valence-electron chi connectivity index (χ2n) is 9.98. The van der Waals surface area contributed by atoms with Gasteiger partial charge in [-0.05, 0) is 66.4 Å². The normalized spacial score (nSPS) is 38.5. The Bertz CT molecular complexity index is 692. The Kier molecular flexibility index (Phi) is 3.73. The molecule has 0 aromatic heterocycles. The SMILES string of the molecule is COc1cc2c(c(OC)c1)[C@]1(C)CC[C@@H]3C(C)(C)CCC[C@@]3(C)[C@H]1C2. The van der Waals surface area contributed by atoms with Crippen LogP contribution in [-0.2, 0) is 11.8 Å². The topological polar surface area (TPSA) is 18.5 Å². The Labute approximate surface area is 153 Å². The largest absolute Gasteiger partial charge is 0.497 e. The molecule has 0 bridgehead atoms. The van der Waals surface area contributed by atoms with E-state index in [1.165, 1.54) is 49.7 Å². The minimum atomic E-state index is 0.242. The highest BCUT2D eigenvalue weighted by Gasteiger charge is 2.61. The van der Waals surface area contributed by atoms with Crippen LogP contribution in [0.1, 0.15) is 70.9 Å². The Morgan fingerprint density at radius 2 is 1.68 bits per heavy atom. The lowest BCUT2D eigenvalue weighted by Crippen LogP contribution is -2.55. The predicted octanol–water partition coefficient (Wildman–Crippen LogP) is 5.76. The molecule has 138 valence electrons. The molecule has 2 saturated carbocycles. The van der Waals surface area contributed by atoms with Gasteiger partial charge in [-0.1, -0.05) is 34.1 Å². The van der Waals surface area contributed by atoms with Gasteiger partial charge in [-0.2, -0.15) is 0 Å². The number of hydrogen-bond donors (Lipinski definition) is 0. The van der Waals surface area contributed by atoms with Crippen molar-refractivity contribution in [3.8, 4) is 11.5 Å². The fourth-order valence-electron chi connectivity index (χ4n) is 7.36. The summed E-state index contributed by atoms with van der Waals surface area (Å²) >= 11 is 0. The number of benzene rings is 1. The molecule has 2 fully saturated rings. The Morgan fingerprint density at radius 1 is 0.920 bits per heavy atom. The Morgan fingerprint density at radius 3 is 2.36 bits per heavy atom. The maximum absolute atomic E-state index is 5.84. The zero-order chi connectivity index (χ0) is 18.0. The van der Waals surface area contributed by atoms with Gasteiger partial charge in [-0.3, -0.25) is 0 Å². The van der Waals surface area contributed by atoms with Crippen molar-refractivity contribution in [3.05, 3.63) is 23.3 Å². The minimum absolute atomic E-state index is 0.242. The molecule has 0 spiro atoms. The molecule has 0 N–H and O–H groups in total. The third-order valence-corrected chi connectivity index (χ3v) is 8.40. The van der Waals surface area contributed by atoms with Gasteiger partial charge >= 0.3 is 0 Å². The zero-order valence-corrected chi connectivity index (χ0v) is 16.9. The lowest BCUT2D eigenvalue weighted by molar-refractivity contribution is -0.0984. The van der Waals surface area contributed by atoms with Crippen molar-refractivity contribution >= 4 is 0 Å². The van der Waals surface area contributed by atoms with Crippen LogP contribution in [0.3, 0.4) is 0 Å². The van der Waals surface area contributed by atoms with Gasteiger partial charge in [0.05, 0.1) is 14.2 Å². The molecule has 1 aromatic rings. The van der Waals surface area contributed by atoms with E-state index in [-0.39, 0.29) is 5.41 Å². The Hall–Kier alpha value is -1.18. The molecule has 0 radical (unpaired) electrons. The van der Waals surface area contributed by atoms with Crippen LogP contribution in [-0.4, -0.2) is 14.2 Å². The van der Waals surface area contributed by atoms with Gasteiger partial charge in [-0.15, -0.1) is 0 Å². The summed E-state index contributed by atoms with van der Waals surface area (Å²) in [5.41, 5.74) is 4.10. The second kappa shape index (κ2) is 5.41. The van der Waals surface area contributed by atoms with Gasteiger partial charge in [0.25, 0.3) is 0 Å². The molecule has 0 heterocycles. The lowest BCUT2D eigenvalue weighted by atomic mass is 9.43. The standard InChI is InChI=1S/C23H34O2/c1-21(2)9-7-10-22(3)18(21)8-11-23(4)19(22)13-15-12-16(24-5)14-17(25-6)20(15)23/h12,14,18-19H,7-11,13H2,1-6H3/t18-,19-,22-,23-/m1/s1. The smallest absolute Gasteiger partial charge is 0.126 e. The van der Waals surface area contributed by atoms with Crippen LogP contribution in [0.15, 0.2) is 12.1 Å². The van der Waals surface area contributed by atoms with E-state index < -0.39 is 0 Å². The van der Waals surface area contributed by atoms with E-state index in [2.05, 4.69) is 39.8 Å². The molecular formula is C23H34O2. The number of fused-ring (bicyclic) bond motifs is 5. The van der Waals surface area contributed by atoms with Crippen molar-refractivity contribution in [2.45, 2.75) is 71.6 Å². The van der Waals surface area contributed by atoms with E-state index in [0.29, 0.717) is 16.7 Å². The third-order valence-electron chi connectivity index (χ3n) is 8.40. The number of methoxy groups -OCH3 is 2. The van der Waals surface area contributed by atoms with Crippen LogP contribution in [0, 0.1) is 22.7 Å². The summed E-state index contributed by atoms with van der Waals surface area (Å²) in [6.07, 6.45) is 7.98. The number of hydrogen-bond acceptors (Lipinski definition) is 2. The van der Waals surface area contributed by atoms with Crippen LogP contribution < -0.4 is 9.47 Å². The molecule has 0 amide bonds. The van der Waals surface area contributed by atoms with Crippen LogP contribution >= 0.6 is 0 Å². The average Bonchev–Trinajstić information content (AvgIpc) is 2.87. The summed E-state index contributed by atoms with van der Waals surface area (Å²) in [5, 5.41) is 0. The van der Waals surface area contributed by atoms with Crippen molar-refractivity contribution in [1.29, 1.82) is 0 Å². The first-order valence-corrected chi connectivity index (χ1v) is 10.0. The van der Waals surface area contributed by atoms with Crippen LogP contribution in [0.2, 0.25) is 0 Å². The van der Waals surface area contributed by atoms with Crippen LogP contribution in [0.25, 0.3) is 0 Å². The minimum Gasteiger partial charge on any atom is -0.497 e. The highest BCUT2D eigenvalue weighted by Crippen LogP contribution is 2.68. The predicted molar refractivity (Wildman–Crippen MR) is 103 cm³/mol. The zero-order valence-electron chi connectivity index (χ0n) is 16.9. The van der Waals surface area contributed by atoms with Crippen molar-refractivity contribution in [1.82, 2.24) is 0 Å². The first-order valence-electron chi connectivity index (χ1n) is 10.0. The van der Waals surface area contributed by atoms with Crippen LogP contribution in [0.4, 0.5) is 0 Å². The quantitative estimate of drug-likeness (QED) is 0.680. The van der Waals surface area contributed by atoms with Gasteiger partial charge in [0, 0.05) is 17.0 Å². The first-order chi connectivity index (χ1) is 11.8. The van der Waals surface area contributed by atoms with E-state index >= 15 is 0 Å². The molecule has 25 heavy (non-hydrogen) atoms. The highest BCUT2D eigenvalue weighted by molar-refractivity contribution is 5.55. The number of rotatable bonds is 2. The monoisotopic (exact) mass is 342 g/mol.